The highest BCUT2D eigenvalue weighted by Crippen LogP contribution is 2.21. The van der Waals surface area contributed by atoms with Gasteiger partial charge in [0.15, 0.2) is 0 Å². The lowest BCUT2D eigenvalue weighted by molar-refractivity contribution is -0.149. The predicted molar refractivity (Wildman–Crippen MR) is 89.3 cm³/mol. The molecule has 136 valence electrons. The van der Waals surface area contributed by atoms with Gasteiger partial charge in [-0.3, -0.25) is 9.59 Å². The molecule has 0 unspecified atom stereocenters. The van der Waals surface area contributed by atoms with Gasteiger partial charge in [-0.05, 0) is 25.8 Å². The Morgan fingerprint density at radius 1 is 1.28 bits per heavy atom. The minimum absolute atomic E-state index is 0.0379. The van der Waals surface area contributed by atoms with E-state index >= 15 is 0 Å². The average molecular weight is 348 g/mol. The molecule has 0 bridgehead atoms. The highest BCUT2D eigenvalue weighted by molar-refractivity contribution is 5.94. The first kappa shape index (κ1) is 17.7. The fourth-order valence-electron chi connectivity index (χ4n) is 3.11. The molecule has 7 nitrogen and oxygen atoms in total. The van der Waals surface area contributed by atoms with Crippen molar-refractivity contribution in [3.63, 3.8) is 0 Å². The number of rotatable bonds is 5. The zero-order chi connectivity index (χ0) is 17.6. The summed E-state index contributed by atoms with van der Waals surface area (Å²) >= 11 is 0. The van der Waals surface area contributed by atoms with Gasteiger partial charge < -0.3 is 19.1 Å². The zero-order valence-corrected chi connectivity index (χ0v) is 14.5. The van der Waals surface area contributed by atoms with Crippen LogP contribution in [0.1, 0.15) is 36.5 Å². The summed E-state index contributed by atoms with van der Waals surface area (Å²) in [6.45, 7) is 4.60. The quantitative estimate of drug-likeness (QED) is 0.753. The molecule has 1 amide bonds. The van der Waals surface area contributed by atoms with E-state index in [0.717, 1.165) is 6.42 Å². The summed E-state index contributed by atoms with van der Waals surface area (Å²) in [5.74, 6) is 0.179. The molecule has 0 radical (unpaired) electrons. The average Bonchev–Trinajstić information content (AvgIpc) is 3.15. The maximum absolute atomic E-state index is 12.6. The Balaban J connectivity index is 1.52. The lowest BCUT2D eigenvalue weighted by Gasteiger charge is -2.30. The van der Waals surface area contributed by atoms with Crippen LogP contribution in [0.5, 0.6) is 5.88 Å². The third-order valence-electron chi connectivity index (χ3n) is 4.56. The second kappa shape index (κ2) is 8.29. The van der Waals surface area contributed by atoms with Crippen LogP contribution in [0.3, 0.4) is 0 Å². The molecule has 0 saturated carbocycles. The Morgan fingerprint density at radius 2 is 2.08 bits per heavy atom. The number of hydrogen-bond donors (Lipinski definition) is 0. The molecule has 0 spiro atoms. The highest BCUT2D eigenvalue weighted by atomic mass is 16.5. The van der Waals surface area contributed by atoms with E-state index < -0.39 is 0 Å². The number of likely N-dealkylation sites (tertiary alicyclic amines) is 1. The smallest absolute Gasteiger partial charge is 0.309 e. The summed E-state index contributed by atoms with van der Waals surface area (Å²) in [5.41, 5.74) is 0.532. The number of esters is 1. The Hall–Kier alpha value is -2.15. The van der Waals surface area contributed by atoms with Crippen molar-refractivity contribution in [1.29, 1.82) is 0 Å². The minimum Gasteiger partial charge on any atom is -0.472 e. The van der Waals surface area contributed by atoms with Crippen molar-refractivity contribution in [2.45, 2.75) is 32.3 Å². The van der Waals surface area contributed by atoms with Crippen molar-refractivity contribution >= 4 is 11.9 Å². The number of ether oxygens (including phenoxy) is 3. The molecule has 0 N–H and O–H groups in total. The first-order valence-corrected chi connectivity index (χ1v) is 8.83. The molecular formula is C18H24N2O5. The molecule has 7 heteroatoms. The van der Waals surface area contributed by atoms with E-state index in [-0.39, 0.29) is 23.9 Å². The molecule has 1 aromatic rings. The Bertz CT molecular complexity index is 590. The van der Waals surface area contributed by atoms with Crippen LogP contribution in [-0.2, 0) is 14.3 Å². The molecule has 3 rings (SSSR count). The van der Waals surface area contributed by atoms with Crippen LogP contribution in [-0.4, -0.2) is 60.8 Å². The standard InChI is InChI=1S/C18H24N2O5/c1-2-24-18(22)13-5-8-20(9-6-13)17(21)14-3-4-16(19-11-14)25-15-7-10-23-12-15/h3-4,11,13,15H,2,5-10,12H2,1H3/t15-/m1/s1. The molecule has 25 heavy (non-hydrogen) atoms. The fraction of sp³-hybridized carbons (Fsp3) is 0.611. The summed E-state index contributed by atoms with van der Waals surface area (Å²) in [5, 5.41) is 0. The van der Waals surface area contributed by atoms with Crippen LogP contribution in [0.4, 0.5) is 0 Å². The molecule has 2 aliphatic heterocycles. The zero-order valence-electron chi connectivity index (χ0n) is 14.5. The van der Waals surface area contributed by atoms with Gasteiger partial charge in [-0.15, -0.1) is 0 Å². The molecule has 3 heterocycles. The van der Waals surface area contributed by atoms with E-state index in [1.54, 1.807) is 30.2 Å². The maximum Gasteiger partial charge on any atom is 0.309 e. The van der Waals surface area contributed by atoms with Crippen LogP contribution < -0.4 is 4.74 Å². The molecular weight excluding hydrogens is 324 g/mol. The van der Waals surface area contributed by atoms with Crippen LogP contribution in [0.25, 0.3) is 0 Å². The summed E-state index contributed by atoms with van der Waals surface area (Å²) in [6, 6.07) is 3.45. The van der Waals surface area contributed by atoms with Crippen molar-refractivity contribution < 1.29 is 23.8 Å². The second-order valence-electron chi connectivity index (χ2n) is 6.31. The second-order valence-corrected chi connectivity index (χ2v) is 6.31. The van der Waals surface area contributed by atoms with Crippen LogP contribution >= 0.6 is 0 Å². The molecule has 1 atom stereocenters. The van der Waals surface area contributed by atoms with Crippen molar-refractivity contribution in [2.24, 2.45) is 5.92 Å². The van der Waals surface area contributed by atoms with E-state index in [0.29, 0.717) is 57.2 Å². The van der Waals surface area contributed by atoms with E-state index in [4.69, 9.17) is 14.2 Å². The highest BCUT2D eigenvalue weighted by Gasteiger charge is 2.28. The summed E-state index contributed by atoms with van der Waals surface area (Å²) in [7, 11) is 0. The summed E-state index contributed by atoms with van der Waals surface area (Å²) in [6.07, 6.45) is 3.72. The van der Waals surface area contributed by atoms with Gasteiger partial charge in [0.2, 0.25) is 5.88 Å². The Labute approximate surface area is 147 Å². The molecule has 2 saturated heterocycles. The van der Waals surface area contributed by atoms with Gasteiger partial charge in [0.05, 0.1) is 31.3 Å². The van der Waals surface area contributed by atoms with E-state index in [1.165, 1.54) is 0 Å². The number of piperidine rings is 1. The molecule has 1 aromatic heterocycles. The molecule has 0 aliphatic carbocycles. The number of pyridine rings is 1. The van der Waals surface area contributed by atoms with Gasteiger partial charge in [-0.25, -0.2) is 4.98 Å². The lowest BCUT2D eigenvalue weighted by atomic mass is 9.96. The molecule has 2 fully saturated rings. The van der Waals surface area contributed by atoms with E-state index in [9.17, 15) is 9.59 Å². The largest absolute Gasteiger partial charge is 0.472 e. The third-order valence-corrected chi connectivity index (χ3v) is 4.56. The number of hydrogen-bond acceptors (Lipinski definition) is 6. The van der Waals surface area contributed by atoms with Crippen molar-refractivity contribution in [2.75, 3.05) is 32.9 Å². The topological polar surface area (TPSA) is 78.0 Å². The van der Waals surface area contributed by atoms with E-state index in [1.807, 2.05) is 0 Å². The molecule has 0 aromatic carbocycles. The Morgan fingerprint density at radius 3 is 2.68 bits per heavy atom. The number of carbonyl (C=O) groups excluding carboxylic acids is 2. The summed E-state index contributed by atoms with van der Waals surface area (Å²) < 4.78 is 16.0. The summed E-state index contributed by atoms with van der Waals surface area (Å²) in [4.78, 5) is 30.3. The number of aromatic nitrogens is 1. The number of amides is 1. The first-order valence-electron chi connectivity index (χ1n) is 8.83. The van der Waals surface area contributed by atoms with Gasteiger partial charge in [-0.2, -0.15) is 0 Å². The third kappa shape index (κ3) is 4.48. The van der Waals surface area contributed by atoms with Crippen molar-refractivity contribution in [3.05, 3.63) is 23.9 Å². The SMILES string of the molecule is CCOC(=O)C1CCN(C(=O)c2ccc(O[C@@H]3CCOC3)nc2)CC1. The van der Waals surface area contributed by atoms with Gasteiger partial charge in [0.1, 0.15) is 6.10 Å². The fourth-order valence-corrected chi connectivity index (χ4v) is 3.11. The van der Waals surface area contributed by atoms with Crippen LogP contribution in [0.2, 0.25) is 0 Å². The predicted octanol–water partition coefficient (Wildman–Crippen LogP) is 1.66. The minimum atomic E-state index is -0.159. The normalized spacial score (nSPS) is 21.2. The van der Waals surface area contributed by atoms with Crippen LogP contribution in [0, 0.1) is 5.92 Å². The maximum atomic E-state index is 12.6. The van der Waals surface area contributed by atoms with Gasteiger partial charge in [0.25, 0.3) is 5.91 Å². The lowest BCUT2D eigenvalue weighted by Crippen LogP contribution is -2.40. The van der Waals surface area contributed by atoms with Crippen molar-refractivity contribution in [1.82, 2.24) is 9.88 Å². The van der Waals surface area contributed by atoms with Gasteiger partial charge in [-0.1, -0.05) is 0 Å². The van der Waals surface area contributed by atoms with Gasteiger partial charge in [0, 0.05) is 31.8 Å². The van der Waals surface area contributed by atoms with E-state index in [2.05, 4.69) is 4.98 Å². The molecule has 2 aliphatic rings. The first-order chi connectivity index (χ1) is 12.2. The monoisotopic (exact) mass is 348 g/mol. The van der Waals surface area contributed by atoms with Gasteiger partial charge >= 0.3 is 5.97 Å². The van der Waals surface area contributed by atoms with Crippen molar-refractivity contribution in [3.8, 4) is 5.88 Å². The van der Waals surface area contributed by atoms with Crippen LogP contribution in [0.15, 0.2) is 18.3 Å². The number of nitrogens with zero attached hydrogens (tertiary/aromatic N) is 2. The number of carbonyl (C=O) groups is 2. The Kier molecular flexibility index (Phi) is 5.86.